The first-order valence-corrected chi connectivity index (χ1v) is 54.0. The lowest BCUT2D eigenvalue weighted by molar-refractivity contribution is -0.742. The molecule has 0 amide bonds. The normalized spacial score (nSPS) is 17.6. The van der Waals surface area contributed by atoms with Gasteiger partial charge in [-0.15, -0.1) is 0 Å². The molecule has 7 saturated carbocycles. The fraction of sp³-hybridized carbons (Fsp3) is 0.589. The van der Waals surface area contributed by atoms with Crippen LogP contribution in [0.25, 0.3) is 39.7 Å². The van der Waals surface area contributed by atoms with E-state index in [1.54, 1.807) is 11.4 Å². The Morgan fingerprint density at radius 1 is 0.201 bits per heavy atom. The van der Waals surface area contributed by atoms with E-state index < -0.39 is 0 Å². The van der Waals surface area contributed by atoms with Crippen LogP contribution in [0.2, 0.25) is 0 Å². The average Bonchev–Trinajstić information content (AvgIpc) is 1.49. The molecule has 722 valence electrons. The van der Waals surface area contributed by atoms with Crippen LogP contribution in [0.4, 0.5) is 0 Å². The number of aryl methyl sites for hydroxylation is 5. The van der Waals surface area contributed by atoms with Crippen LogP contribution < -0.4 is 22.8 Å². The molecule has 0 atom stereocenters. The van der Waals surface area contributed by atoms with Gasteiger partial charge in [0.05, 0.1) is 27.1 Å². The zero-order valence-electron chi connectivity index (χ0n) is 89.5. The minimum Gasteiger partial charge on any atom is -0.228 e. The van der Waals surface area contributed by atoms with Gasteiger partial charge in [0.1, 0.15) is 104 Å². The molecule has 0 bridgehead atoms. The molecule has 7 aliphatic rings. The van der Waals surface area contributed by atoms with Crippen LogP contribution in [-0.2, 0) is 27.1 Å². The van der Waals surface area contributed by atoms with E-state index in [0.29, 0.717) is 30.2 Å². The standard InChI is InChI=1S/C27H41N2.C27H35N2.C26H39N2.2C22H33N2/c2*1-20-14-12-13-19-24(20)28-21(2)25(22-15-8-6-9-16-22)29(26(28)27(3,4)5)23-17-10-7-11-18-23;1-19-13-9-12-18-23(19)27-20(2)24(21-14-10-11-15-21)28(25(27)26(3,4)5)22-16-7-6-8-17-22;2*1-16-12-10-11-15-20(16)24-18(3)17(2)23(21(24)22(4,5)6)19-13-8-7-9-14-19/h12-14,19,22-23H,6-11,15-18H2,1-5H3;6,8-9,12-16,19,23H,7,10-11,17-18H2,1-5H3;9,12-13,18,21-22H,6-8,10-11,14-17H2,1-5H3;2*10-12,15,19H,7-9,13-14H2,1-6H3/q5*+1. The Labute approximate surface area is 814 Å². The second kappa shape index (κ2) is 43.2. The molecule has 7 fully saturated rings. The Morgan fingerprint density at radius 2 is 0.396 bits per heavy atom. The zero-order valence-corrected chi connectivity index (χ0v) is 89.5. The summed E-state index contributed by atoms with van der Waals surface area (Å²) < 4.78 is 26.7. The molecule has 11 aromatic rings. The highest BCUT2D eigenvalue weighted by molar-refractivity contribution is 5.61. The molecule has 134 heavy (non-hydrogen) atoms. The van der Waals surface area contributed by atoms with Crippen molar-refractivity contribution in [3.63, 3.8) is 0 Å². The highest BCUT2D eigenvalue weighted by Gasteiger charge is 2.49. The lowest BCUT2D eigenvalue weighted by atomic mass is 9.85. The number of rotatable bonds is 13. The maximum Gasteiger partial charge on any atom is 0.268 e. The summed E-state index contributed by atoms with van der Waals surface area (Å²) in [5.41, 5.74) is 30.0. The van der Waals surface area contributed by atoms with E-state index in [-0.39, 0.29) is 27.1 Å². The van der Waals surface area contributed by atoms with E-state index >= 15 is 0 Å². The van der Waals surface area contributed by atoms with E-state index in [0.717, 1.165) is 11.8 Å². The Kier molecular flexibility index (Phi) is 32.6. The van der Waals surface area contributed by atoms with Gasteiger partial charge in [0.2, 0.25) is 0 Å². The van der Waals surface area contributed by atoms with Crippen LogP contribution in [0.15, 0.2) is 152 Å². The Bertz CT molecular complexity index is 5610. The molecular weight excluding hydrogens is 1630 g/mol. The molecular formula is C124H181N10+5. The van der Waals surface area contributed by atoms with Gasteiger partial charge in [0, 0.05) is 65.9 Å². The molecule has 0 saturated heterocycles. The first-order valence-electron chi connectivity index (χ1n) is 54.0. The van der Waals surface area contributed by atoms with Crippen LogP contribution in [0.5, 0.6) is 0 Å². The highest BCUT2D eigenvalue weighted by atomic mass is 15.3. The van der Waals surface area contributed by atoms with E-state index in [4.69, 9.17) is 0 Å². The van der Waals surface area contributed by atoms with E-state index in [1.165, 1.54) is 355 Å². The summed E-state index contributed by atoms with van der Waals surface area (Å²) >= 11 is 0. The largest absolute Gasteiger partial charge is 0.268 e. The predicted molar refractivity (Wildman–Crippen MR) is 563 cm³/mol. The third-order valence-electron chi connectivity index (χ3n) is 32.1. The van der Waals surface area contributed by atoms with Crippen molar-refractivity contribution in [2.75, 3.05) is 0 Å². The molecule has 10 nitrogen and oxygen atoms in total. The van der Waals surface area contributed by atoms with E-state index in [9.17, 15) is 0 Å². The maximum absolute atomic E-state index is 2.87. The summed E-state index contributed by atoms with van der Waals surface area (Å²) in [6.07, 6.45) is 46.5. The number of para-hydroxylation sites is 5. The van der Waals surface area contributed by atoms with Crippen LogP contribution in [0.1, 0.15) is 472 Å². The quantitative estimate of drug-likeness (QED) is 0.103. The Hall–Kier alpha value is -8.63. The molecule has 5 aromatic heterocycles. The maximum atomic E-state index is 2.87. The van der Waals surface area contributed by atoms with Gasteiger partial charge in [0.15, 0.2) is 11.4 Å². The monoisotopic (exact) mass is 1810 g/mol. The highest BCUT2D eigenvalue weighted by Crippen LogP contribution is 2.46. The first-order chi connectivity index (χ1) is 63.8. The van der Waals surface area contributed by atoms with Crippen LogP contribution in [0, 0.1) is 83.1 Å². The van der Waals surface area contributed by atoms with Gasteiger partial charge < -0.3 is 0 Å². The van der Waals surface area contributed by atoms with Crippen molar-refractivity contribution in [2.24, 2.45) is 0 Å². The lowest BCUT2D eigenvalue weighted by Gasteiger charge is -2.28. The minimum atomic E-state index is 0.0392. The SMILES string of the molecule is Cc1ccccc1-n1c(C)c(-c2ccccc2)[n+](C2CCCCC2)c1C(C)(C)C.Cc1ccccc1-n1c(C)c(C)[n+](C2CCCCC2)c1C(C)(C)C.Cc1ccccc1-n1c(C)c(C)[n+](C2CCCCC2)c1C(C)(C)C.Cc1ccccc1-n1c(C)c(C2CCCC2)[n+](C2CCCCC2)c1C(C)(C)C.Cc1ccccc1-n1c(C)c(C2CCCCC2)[n+](C2CCCCC2)c1C(C)(C)C. The molecule has 10 heteroatoms. The van der Waals surface area contributed by atoms with Crippen LogP contribution in [-0.4, -0.2) is 22.8 Å². The van der Waals surface area contributed by atoms with Crippen molar-refractivity contribution in [3.8, 4) is 39.7 Å². The number of nitrogens with zero attached hydrogens (tertiary/aromatic N) is 10. The summed E-state index contributed by atoms with van der Waals surface area (Å²) in [6, 6.07) is 58.6. The second-order valence-corrected chi connectivity index (χ2v) is 47.7. The number of aromatic nitrogens is 10. The smallest absolute Gasteiger partial charge is 0.228 e. The van der Waals surface area contributed by atoms with E-state index in [1.807, 2.05) is 0 Å². The third-order valence-corrected chi connectivity index (χ3v) is 32.1. The molecule has 0 aliphatic heterocycles. The lowest BCUT2D eigenvalue weighted by Crippen LogP contribution is -2.50. The van der Waals surface area contributed by atoms with Gasteiger partial charge >= 0.3 is 0 Å². The summed E-state index contributed by atoms with van der Waals surface area (Å²) in [7, 11) is 0. The van der Waals surface area contributed by atoms with Gasteiger partial charge in [-0.25, -0.2) is 22.8 Å². The van der Waals surface area contributed by atoms with Crippen LogP contribution in [0.3, 0.4) is 0 Å². The number of imidazole rings is 5. The molecule has 6 aromatic carbocycles. The molecule has 0 spiro atoms. The molecule has 0 N–H and O–H groups in total. The van der Waals surface area contributed by atoms with Gasteiger partial charge in [-0.05, 0) is 351 Å². The van der Waals surface area contributed by atoms with Crippen molar-refractivity contribution in [1.82, 2.24) is 22.8 Å². The Morgan fingerprint density at radius 3 is 0.649 bits per heavy atom. The second-order valence-electron chi connectivity index (χ2n) is 47.7. The first kappa shape index (κ1) is 101. The molecule has 5 heterocycles. The summed E-state index contributed by atoms with van der Waals surface area (Å²) in [5.74, 6) is 8.86. The van der Waals surface area contributed by atoms with Gasteiger partial charge in [-0.1, -0.05) is 186 Å². The van der Waals surface area contributed by atoms with Gasteiger partial charge in [-0.2, -0.15) is 22.8 Å². The summed E-state index contributed by atoms with van der Waals surface area (Å²) in [4.78, 5) is 0. The minimum absolute atomic E-state index is 0.0392. The third kappa shape index (κ3) is 21.8. The van der Waals surface area contributed by atoms with Gasteiger partial charge in [0.25, 0.3) is 29.1 Å². The van der Waals surface area contributed by atoms with Crippen molar-refractivity contribution < 1.29 is 22.8 Å². The molecule has 0 radical (unpaired) electrons. The number of hydrogen-bond acceptors (Lipinski definition) is 0. The van der Waals surface area contributed by atoms with Crippen LogP contribution >= 0.6 is 0 Å². The van der Waals surface area contributed by atoms with Crippen molar-refractivity contribution in [3.05, 3.63) is 260 Å². The number of hydrogen-bond donors (Lipinski definition) is 0. The van der Waals surface area contributed by atoms with E-state index in [2.05, 4.69) is 384 Å². The van der Waals surface area contributed by atoms with Gasteiger partial charge in [-0.3, -0.25) is 0 Å². The van der Waals surface area contributed by atoms with Crippen molar-refractivity contribution >= 4 is 0 Å². The Balaban J connectivity index is 0.000000135. The number of benzene rings is 6. The average molecular weight is 1810 g/mol. The fourth-order valence-corrected chi connectivity index (χ4v) is 25.7. The zero-order chi connectivity index (χ0) is 96.0. The summed E-state index contributed by atoms with van der Waals surface area (Å²) in [5, 5.41) is 0. The summed E-state index contributed by atoms with van der Waals surface area (Å²) in [6.45, 7) is 63.3. The fourth-order valence-electron chi connectivity index (χ4n) is 25.7. The van der Waals surface area contributed by atoms with Crippen molar-refractivity contribution in [2.45, 2.75) is 474 Å². The van der Waals surface area contributed by atoms with Crippen molar-refractivity contribution in [1.29, 1.82) is 0 Å². The molecule has 7 aliphatic carbocycles. The predicted octanol–water partition coefficient (Wildman–Crippen LogP) is 31.9. The molecule has 0 unspecified atom stereocenters. The topological polar surface area (TPSA) is 44.0 Å². The molecule has 18 rings (SSSR count).